The molecule has 3 rings (SSSR count). The molecule has 0 saturated carbocycles. The molecule has 0 radical (unpaired) electrons. The molecule has 0 fully saturated rings. The highest BCUT2D eigenvalue weighted by Crippen LogP contribution is 2.25. The van der Waals surface area contributed by atoms with Crippen LogP contribution in [0.3, 0.4) is 0 Å². The summed E-state index contributed by atoms with van der Waals surface area (Å²) in [5.41, 5.74) is 1.65. The number of amides is 1. The molecule has 1 atom stereocenters. The maximum atomic E-state index is 13.0. The Hall–Kier alpha value is -3.88. The number of ether oxygens (including phenoxy) is 2. The molecule has 0 unspecified atom stereocenters. The van der Waals surface area contributed by atoms with Crippen molar-refractivity contribution in [1.82, 2.24) is 10.1 Å². The Labute approximate surface area is 178 Å². The van der Waals surface area contributed by atoms with Crippen LogP contribution >= 0.6 is 0 Å². The number of carbonyl (C=O) groups is 3. The first kappa shape index (κ1) is 21.8. The quantitative estimate of drug-likeness (QED) is 0.554. The van der Waals surface area contributed by atoms with Gasteiger partial charge in [0.2, 0.25) is 6.10 Å². The summed E-state index contributed by atoms with van der Waals surface area (Å²) < 4.78 is 15.6. The number of nitrogens with zero attached hydrogens (tertiary/aromatic N) is 1. The van der Waals surface area contributed by atoms with E-state index in [1.54, 1.807) is 64.1 Å². The Morgan fingerprint density at radius 2 is 1.84 bits per heavy atom. The molecular formula is C22H23N3O6. The fraction of sp³-hybridized carbons (Fsp3) is 0.273. The predicted octanol–water partition coefficient (Wildman–Crippen LogP) is 3.64. The van der Waals surface area contributed by atoms with Crippen LogP contribution in [0.15, 0.2) is 40.9 Å². The molecule has 9 nitrogen and oxygen atoms in total. The fourth-order valence-corrected chi connectivity index (χ4v) is 3.15. The van der Waals surface area contributed by atoms with Gasteiger partial charge >= 0.3 is 11.9 Å². The number of hydrogen-bond donors (Lipinski definition) is 2. The van der Waals surface area contributed by atoms with Gasteiger partial charge in [0.15, 0.2) is 5.82 Å². The van der Waals surface area contributed by atoms with E-state index in [9.17, 15) is 14.4 Å². The number of aromatic amines is 1. The molecule has 2 N–H and O–H groups in total. The van der Waals surface area contributed by atoms with Crippen molar-refractivity contribution in [3.8, 4) is 0 Å². The number of benzene rings is 1. The Balaban J connectivity index is 1.89. The van der Waals surface area contributed by atoms with E-state index < -0.39 is 23.9 Å². The number of rotatable bonds is 7. The van der Waals surface area contributed by atoms with Crippen LogP contribution in [0.4, 0.5) is 5.82 Å². The number of hydrogen-bond acceptors (Lipinski definition) is 7. The maximum Gasteiger partial charge on any atom is 0.355 e. The van der Waals surface area contributed by atoms with Crippen LogP contribution in [0, 0.1) is 20.8 Å². The normalized spacial score (nSPS) is 11.6. The number of carbonyl (C=O) groups excluding carboxylic acids is 3. The van der Waals surface area contributed by atoms with Crippen LogP contribution in [0.1, 0.15) is 56.5 Å². The molecule has 0 saturated heterocycles. The summed E-state index contributed by atoms with van der Waals surface area (Å²) in [6, 6.07) is 10.1. The van der Waals surface area contributed by atoms with E-state index in [0.717, 1.165) is 0 Å². The number of nitrogens with one attached hydrogen (secondary N) is 2. The van der Waals surface area contributed by atoms with E-state index in [0.29, 0.717) is 22.6 Å². The molecule has 0 spiro atoms. The summed E-state index contributed by atoms with van der Waals surface area (Å²) in [7, 11) is 0. The standard InChI is InChI=1S/C22H23N3O6/c1-5-29-22(28)18-13(3)17(14(4)23-18)21(27)30-19(15-9-7-6-8-10-15)20(26)24-16-11-12(2)31-25-16/h6-11,19,23H,5H2,1-4H3,(H,24,25,26)/t19-/m0/s1. The third-order valence-corrected chi connectivity index (χ3v) is 4.57. The van der Waals surface area contributed by atoms with Crippen molar-refractivity contribution < 1.29 is 28.4 Å². The first-order chi connectivity index (χ1) is 14.8. The van der Waals surface area contributed by atoms with Crippen LogP contribution in [-0.4, -0.2) is 34.6 Å². The van der Waals surface area contributed by atoms with Crippen molar-refractivity contribution in [2.75, 3.05) is 11.9 Å². The zero-order chi connectivity index (χ0) is 22.5. The van der Waals surface area contributed by atoms with Gasteiger partial charge in [-0.25, -0.2) is 9.59 Å². The average Bonchev–Trinajstić information content (AvgIpc) is 3.28. The molecule has 3 aromatic rings. The number of anilines is 1. The summed E-state index contributed by atoms with van der Waals surface area (Å²) in [4.78, 5) is 40.9. The molecule has 0 aliphatic rings. The number of aromatic nitrogens is 2. The molecule has 0 aliphatic carbocycles. The number of esters is 2. The molecule has 0 aliphatic heterocycles. The maximum absolute atomic E-state index is 13.0. The van der Waals surface area contributed by atoms with Crippen molar-refractivity contribution in [3.63, 3.8) is 0 Å². The molecule has 2 aromatic heterocycles. The van der Waals surface area contributed by atoms with Gasteiger partial charge in [0, 0.05) is 17.3 Å². The molecule has 31 heavy (non-hydrogen) atoms. The second-order valence-corrected chi connectivity index (χ2v) is 6.85. The van der Waals surface area contributed by atoms with E-state index in [1.165, 1.54) is 0 Å². The topological polar surface area (TPSA) is 124 Å². The lowest BCUT2D eigenvalue weighted by Crippen LogP contribution is -2.26. The predicted molar refractivity (Wildman–Crippen MR) is 111 cm³/mol. The number of aryl methyl sites for hydroxylation is 2. The van der Waals surface area contributed by atoms with Crippen LogP contribution in [0.5, 0.6) is 0 Å². The van der Waals surface area contributed by atoms with Gasteiger partial charge in [-0.15, -0.1) is 0 Å². The lowest BCUT2D eigenvalue weighted by Gasteiger charge is -2.17. The minimum Gasteiger partial charge on any atom is -0.461 e. The summed E-state index contributed by atoms with van der Waals surface area (Å²) in [6.45, 7) is 6.84. The van der Waals surface area contributed by atoms with Crippen molar-refractivity contribution in [1.29, 1.82) is 0 Å². The second-order valence-electron chi connectivity index (χ2n) is 6.85. The molecule has 1 amide bonds. The first-order valence-electron chi connectivity index (χ1n) is 9.68. The van der Waals surface area contributed by atoms with Gasteiger partial charge in [0.1, 0.15) is 11.5 Å². The summed E-state index contributed by atoms with van der Waals surface area (Å²) >= 11 is 0. The third kappa shape index (κ3) is 4.82. The zero-order valence-electron chi connectivity index (χ0n) is 17.6. The van der Waals surface area contributed by atoms with Gasteiger partial charge in [-0.1, -0.05) is 35.5 Å². The van der Waals surface area contributed by atoms with E-state index in [2.05, 4.69) is 15.5 Å². The highest BCUT2D eigenvalue weighted by atomic mass is 16.5. The van der Waals surface area contributed by atoms with Gasteiger partial charge in [-0.2, -0.15) is 0 Å². The van der Waals surface area contributed by atoms with E-state index >= 15 is 0 Å². The van der Waals surface area contributed by atoms with E-state index in [4.69, 9.17) is 14.0 Å². The highest BCUT2D eigenvalue weighted by Gasteiger charge is 2.30. The minimum atomic E-state index is -1.24. The molecule has 2 heterocycles. The molecule has 9 heteroatoms. The largest absolute Gasteiger partial charge is 0.461 e. The first-order valence-corrected chi connectivity index (χ1v) is 9.68. The van der Waals surface area contributed by atoms with Crippen LogP contribution in [-0.2, 0) is 14.3 Å². The summed E-state index contributed by atoms with van der Waals surface area (Å²) in [6.07, 6.45) is -1.24. The Morgan fingerprint density at radius 3 is 2.45 bits per heavy atom. The second kappa shape index (κ2) is 9.29. The minimum absolute atomic E-state index is 0.171. The van der Waals surface area contributed by atoms with Gasteiger partial charge < -0.3 is 24.3 Å². The van der Waals surface area contributed by atoms with Crippen LogP contribution < -0.4 is 5.32 Å². The van der Waals surface area contributed by atoms with Crippen molar-refractivity contribution in [2.45, 2.75) is 33.8 Å². The van der Waals surface area contributed by atoms with Gasteiger partial charge in [0.25, 0.3) is 5.91 Å². The molecule has 162 valence electrons. The third-order valence-electron chi connectivity index (χ3n) is 4.57. The Kier molecular flexibility index (Phi) is 6.54. The van der Waals surface area contributed by atoms with E-state index in [1.807, 2.05) is 0 Å². The summed E-state index contributed by atoms with van der Waals surface area (Å²) in [5, 5.41) is 6.32. The molecule has 0 bridgehead atoms. The van der Waals surface area contributed by atoms with Crippen molar-refractivity contribution in [3.05, 3.63) is 70.2 Å². The molecule has 1 aromatic carbocycles. The lowest BCUT2D eigenvalue weighted by molar-refractivity contribution is -0.125. The summed E-state index contributed by atoms with van der Waals surface area (Å²) in [5.74, 6) is -1.18. The average molecular weight is 425 g/mol. The lowest BCUT2D eigenvalue weighted by atomic mass is 10.1. The monoisotopic (exact) mass is 425 g/mol. The van der Waals surface area contributed by atoms with Crippen molar-refractivity contribution >= 4 is 23.7 Å². The van der Waals surface area contributed by atoms with E-state index in [-0.39, 0.29) is 23.7 Å². The van der Waals surface area contributed by atoms with Crippen LogP contribution in [0.2, 0.25) is 0 Å². The number of H-pyrrole nitrogens is 1. The van der Waals surface area contributed by atoms with Gasteiger partial charge in [0.05, 0.1) is 12.2 Å². The Morgan fingerprint density at radius 1 is 1.13 bits per heavy atom. The fourth-order valence-electron chi connectivity index (χ4n) is 3.15. The van der Waals surface area contributed by atoms with Gasteiger partial charge in [-0.3, -0.25) is 4.79 Å². The van der Waals surface area contributed by atoms with Crippen molar-refractivity contribution in [2.24, 2.45) is 0 Å². The highest BCUT2D eigenvalue weighted by molar-refractivity contribution is 6.01. The SMILES string of the molecule is CCOC(=O)c1[nH]c(C)c(C(=O)O[C@H](C(=O)Nc2cc(C)on2)c2ccccc2)c1C. The zero-order valence-corrected chi connectivity index (χ0v) is 17.6. The smallest absolute Gasteiger partial charge is 0.355 e. The Bertz CT molecular complexity index is 1100. The van der Waals surface area contributed by atoms with Gasteiger partial charge in [-0.05, 0) is 33.3 Å². The van der Waals surface area contributed by atoms with Crippen LogP contribution in [0.25, 0.3) is 0 Å². The molecular weight excluding hydrogens is 402 g/mol.